The number of hydrogen-bond acceptors (Lipinski definition) is 4. The van der Waals surface area contributed by atoms with Crippen molar-refractivity contribution in [2.45, 2.75) is 26.8 Å². The highest BCUT2D eigenvalue weighted by Crippen LogP contribution is 2.36. The third-order valence-corrected chi connectivity index (χ3v) is 3.16. The van der Waals surface area contributed by atoms with E-state index in [9.17, 15) is 4.79 Å². The normalized spacial score (nSPS) is 10.7. The molecule has 0 atom stereocenters. The van der Waals surface area contributed by atoms with Gasteiger partial charge in [0.25, 0.3) is 0 Å². The first-order chi connectivity index (χ1) is 10.0. The van der Waals surface area contributed by atoms with E-state index >= 15 is 0 Å². The first-order valence-electron chi connectivity index (χ1n) is 6.95. The lowest BCUT2D eigenvalue weighted by Gasteiger charge is -2.20. The van der Waals surface area contributed by atoms with E-state index in [1.54, 1.807) is 13.2 Å². The van der Waals surface area contributed by atoms with Crippen LogP contribution in [-0.2, 0) is 11.3 Å². The molecule has 0 unspecified atom stereocenters. The lowest BCUT2D eigenvalue weighted by Crippen LogP contribution is -2.30. The molecular formula is C15H22ClNO4. The zero-order valence-corrected chi connectivity index (χ0v) is 13.4. The first kappa shape index (κ1) is 17.6. The van der Waals surface area contributed by atoms with Crippen LogP contribution in [-0.4, -0.2) is 42.8 Å². The van der Waals surface area contributed by atoms with Crippen LogP contribution in [0, 0.1) is 0 Å². The second-order valence-electron chi connectivity index (χ2n) is 4.65. The number of rotatable bonds is 9. The number of benzene rings is 1. The number of hydrogen-bond donors (Lipinski definition) is 1. The average Bonchev–Trinajstić information content (AvgIpc) is 2.41. The van der Waals surface area contributed by atoms with Crippen LogP contribution in [0.5, 0.6) is 11.5 Å². The molecule has 0 spiro atoms. The molecule has 0 saturated carbocycles. The van der Waals surface area contributed by atoms with Gasteiger partial charge in [0, 0.05) is 6.54 Å². The maximum atomic E-state index is 10.9. The van der Waals surface area contributed by atoms with E-state index in [1.807, 2.05) is 24.8 Å². The molecular weight excluding hydrogens is 294 g/mol. The van der Waals surface area contributed by atoms with Crippen LogP contribution < -0.4 is 9.47 Å². The quantitative estimate of drug-likeness (QED) is 0.759. The van der Waals surface area contributed by atoms with E-state index < -0.39 is 5.97 Å². The maximum absolute atomic E-state index is 10.9. The molecule has 0 aliphatic carbocycles. The number of carbonyl (C=O) groups is 1. The molecule has 0 bridgehead atoms. The van der Waals surface area contributed by atoms with Gasteiger partial charge in [0.1, 0.15) is 0 Å². The van der Waals surface area contributed by atoms with Gasteiger partial charge in [0.2, 0.25) is 0 Å². The average molecular weight is 316 g/mol. The van der Waals surface area contributed by atoms with Crippen molar-refractivity contribution in [2.75, 3.05) is 26.8 Å². The Morgan fingerprint density at radius 3 is 2.62 bits per heavy atom. The molecule has 6 heteroatoms. The molecule has 0 aliphatic rings. The van der Waals surface area contributed by atoms with Gasteiger partial charge in [-0.3, -0.25) is 9.69 Å². The fourth-order valence-electron chi connectivity index (χ4n) is 2.13. The zero-order valence-electron chi connectivity index (χ0n) is 12.7. The highest BCUT2D eigenvalue weighted by Gasteiger charge is 2.15. The first-order valence-corrected chi connectivity index (χ1v) is 7.32. The number of ether oxygens (including phenoxy) is 2. The number of nitrogens with zero attached hydrogens (tertiary/aromatic N) is 1. The number of carboxylic acid groups (broad SMARTS) is 1. The zero-order chi connectivity index (χ0) is 15.8. The molecule has 0 fully saturated rings. The van der Waals surface area contributed by atoms with Crippen molar-refractivity contribution in [3.63, 3.8) is 0 Å². The van der Waals surface area contributed by atoms with Gasteiger partial charge in [-0.2, -0.15) is 0 Å². The predicted molar refractivity (Wildman–Crippen MR) is 82.4 cm³/mol. The van der Waals surface area contributed by atoms with Crippen LogP contribution in [0.15, 0.2) is 12.1 Å². The molecule has 5 nitrogen and oxygen atoms in total. The van der Waals surface area contributed by atoms with Crippen LogP contribution in [0.25, 0.3) is 0 Å². The largest absolute Gasteiger partial charge is 0.493 e. The van der Waals surface area contributed by atoms with Crippen molar-refractivity contribution >= 4 is 17.6 Å². The smallest absolute Gasteiger partial charge is 0.317 e. The van der Waals surface area contributed by atoms with Crippen molar-refractivity contribution in [1.82, 2.24) is 4.90 Å². The number of methoxy groups -OCH3 is 1. The molecule has 0 radical (unpaired) electrons. The molecule has 0 saturated heterocycles. The minimum atomic E-state index is -0.840. The summed E-state index contributed by atoms with van der Waals surface area (Å²) in [4.78, 5) is 12.7. The van der Waals surface area contributed by atoms with E-state index in [0.29, 0.717) is 36.2 Å². The van der Waals surface area contributed by atoms with E-state index in [1.165, 1.54) is 0 Å². The van der Waals surface area contributed by atoms with Crippen LogP contribution in [0.4, 0.5) is 0 Å². The lowest BCUT2D eigenvalue weighted by atomic mass is 10.1. The van der Waals surface area contributed by atoms with Crippen molar-refractivity contribution in [3.05, 3.63) is 22.7 Å². The van der Waals surface area contributed by atoms with Crippen LogP contribution in [0.1, 0.15) is 25.8 Å². The molecule has 0 aromatic heterocycles. The Morgan fingerprint density at radius 1 is 1.38 bits per heavy atom. The molecule has 1 aromatic rings. The summed E-state index contributed by atoms with van der Waals surface area (Å²) in [6.07, 6.45) is 0.884. The van der Waals surface area contributed by atoms with Gasteiger partial charge >= 0.3 is 5.97 Å². The van der Waals surface area contributed by atoms with Crippen molar-refractivity contribution < 1.29 is 19.4 Å². The molecule has 0 aliphatic heterocycles. The number of halogens is 1. The lowest BCUT2D eigenvalue weighted by molar-refractivity contribution is -0.138. The fourth-order valence-corrected chi connectivity index (χ4v) is 2.42. The summed E-state index contributed by atoms with van der Waals surface area (Å²) < 4.78 is 10.8. The third-order valence-electron chi connectivity index (χ3n) is 2.88. The van der Waals surface area contributed by atoms with Gasteiger partial charge in [-0.25, -0.2) is 0 Å². The Kier molecular flexibility index (Phi) is 7.32. The number of carboxylic acids is 1. The fraction of sp³-hybridized carbons (Fsp3) is 0.533. The molecule has 0 heterocycles. The predicted octanol–water partition coefficient (Wildman–Crippen LogP) is 3.04. The Bertz CT molecular complexity index is 479. The second kappa shape index (κ2) is 8.74. The minimum Gasteiger partial charge on any atom is -0.493 e. The summed E-state index contributed by atoms with van der Waals surface area (Å²) in [6, 6.07) is 3.63. The van der Waals surface area contributed by atoms with Crippen LogP contribution >= 0.6 is 11.6 Å². The summed E-state index contributed by atoms with van der Waals surface area (Å²) in [5.74, 6) is 0.240. The van der Waals surface area contributed by atoms with Gasteiger partial charge in [0.05, 0.1) is 25.3 Å². The summed E-state index contributed by atoms with van der Waals surface area (Å²) in [5.41, 5.74) is 0.898. The molecule has 1 rings (SSSR count). The Balaban J connectivity index is 2.96. The Morgan fingerprint density at radius 2 is 2.10 bits per heavy atom. The summed E-state index contributed by atoms with van der Waals surface area (Å²) >= 11 is 6.22. The van der Waals surface area contributed by atoms with Crippen LogP contribution in [0.3, 0.4) is 0 Å². The summed E-state index contributed by atoms with van der Waals surface area (Å²) in [6.45, 7) is 5.60. The van der Waals surface area contributed by atoms with E-state index in [2.05, 4.69) is 0 Å². The topological polar surface area (TPSA) is 59.0 Å². The van der Waals surface area contributed by atoms with Gasteiger partial charge in [-0.15, -0.1) is 0 Å². The molecule has 21 heavy (non-hydrogen) atoms. The van der Waals surface area contributed by atoms with Gasteiger partial charge in [-0.1, -0.05) is 18.5 Å². The van der Waals surface area contributed by atoms with Crippen molar-refractivity contribution in [3.8, 4) is 11.5 Å². The maximum Gasteiger partial charge on any atom is 0.317 e. The standard InChI is InChI=1S/C15H22ClNO4/c1-4-6-17(10-14(18)19)9-11-7-12(16)15(21-5-2)13(8-11)20-3/h7-8H,4-6,9-10H2,1-3H3,(H,18,19). The SMILES string of the molecule is CCCN(CC(=O)O)Cc1cc(Cl)c(OCC)c(OC)c1. The molecule has 118 valence electrons. The van der Waals surface area contributed by atoms with E-state index in [4.69, 9.17) is 26.2 Å². The van der Waals surface area contributed by atoms with E-state index in [0.717, 1.165) is 12.0 Å². The van der Waals surface area contributed by atoms with Crippen molar-refractivity contribution in [1.29, 1.82) is 0 Å². The van der Waals surface area contributed by atoms with Gasteiger partial charge in [0.15, 0.2) is 11.5 Å². The highest BCUT2D eigenvalue weighted by atomic mass is 35.5. The summed E-state index contributed by atoms with van der Waals surface area (Å²) in [5, 5.41) is 9.42. The van der Waals surface area contributed by atoms with Gasteiger partial charge in [-0.05, 0) is 37.6 Å². The highest BCUT2D eigenvalue weighted by molar-refractivity contribution is 6.32. The Labute approximate surface area is 130 Å². The van der Waals surface area contributed by atoms with Crippen molar-refractivity contribution in [2.24, 2.45) is 0 Å². The van der Waals surface area contributed by atoms with E-state index in [-0.39, 0.29) is 6.54 Å². The number of aliphatic carboxylic acids is 1. The monoisotopic (exact) mass is 315 g/mol. The molecule has 1 N–H and O–H groups in total. The third kappa shape index (κ3) is 5.44. The minimum absolute atomic E-state index is 0.000978. The molecule has 1 aromatic carbocycles. The molecule has 0 amide bonds. The summed E-state index contributed by atoms with van der Waals surface area (Å²) in [7, 11) is 1.55. The van der Waals surface area contributed by atoms with Crippen LogP contribution in [0.2, 0.25) is 5.02 Å². The van der Waals surface area contributed by atoms with Gasteiger partial charge < -0.3 is 14.6 Å². The second-order valence-corrected chi connectivity index (χ2v) is 5.05. The Hall–Kier alpha value is -1.46.